The number of primary amides is 1. The zero-order chi connectivity index (χ0) is 18.2. The van der Waals surface area contributed by atoms with Crippen LogP contribution in [-0.2, 0) is 11.2 Å². The van der Waals surface area contributed by atoms with Crippen LogP contribution in [0.15, 0.2) is 36.4 Å². The second-order valence-electron chi connectivity index (χ2n) is 6.97. The summed E-state index contributed by atoms with van der Waals surface area (Å²) < 4.78 is 10.8. The number of amides is 1. The molecule has 0 spiro atoms. The molecule has 5 heteroatoms. The zero-order valence-electron chi connectivity index (χ0n) is 14.6. The highest BCUT2D eigenvalue weighted by Crippen LogP contribution is 2.48. The van der Waals surface area contributed by atoms with Crippen molar-refractivity contribution in [3.8, 4) is 16.9 Å². The Morgan fingerprint density at radius 1 is 1.28 bits per heavy atom. The minimum Gasteiger partial charge on any atom is -0.494 e. The van der Waals surface area contributed by atoms with Crippen molar-refractivity contribution in [2.24, 2.45) is 11.1 Å². The minimum atomic E-state index is -0.746. The fourth-order valence-electron chi connectivity index (χ4n) is 3.51. The summed E-state index contributed by atoms with van der Waals surface area (Å²) in [5, 5.41) is 0.646. The molecule has 0 saturated carbocycles. The molecule has 1 amide bonds. The second kappa shape index (κ2) is 6.60. The molecule has 0 radical (unpaired) electrons. The maximum absolute atomic E-state index is 11.2. The number of ether oxygens (including phenoxy) is 2. The molecule has 25 heavy (non-hydrogen) atoms. The lowest BCUT2D eigenvalue weighted by Gasteiger charge is -2.26. The largest absolute Gasteiger partial charge is 0.494 e. The number of halogens is 1. The number of fused-ring (bicyclic) bond motifs is 1. The van der Waals surface area contributed by atoms with Crippen molar-refractivity contribution in [2.75, 3.05) is 6.61 Å². The highest BCUT2D eigenvalue weighted by molar-refractivity contribution is 6.33. The van der Waals surface area contributed by atoms with Crippen LogP contribution in [0.4, 0.5) is 4.79 Å². The Labute approximate surface area is 152 Å². The van der Waals surface area contributed by atoms with E-state index >= 15 is 0 Å². The molecule has 4 nitrogen and oxygen atoms in total. The van der Waals surface area contributed by atoms with Crippen LogP contribution >= 0.6 is 11.6 Å². The van der Waals surface area contributed by atoms with Gasteiger partial charge >= 0.3 is 6.09 Å². The molecular formula is C20H22ClNO3. The van der Waals surface area contributed by atoms with Gasteiger partial charge < -0.3 is 15.2 Å². The van der Waals surface area contributed by atoms with Crippen LogP contribution in [-0.4, -0.2) is 12.7 Å². The Morgan fingerprint density at radius 2 is 2.04 bits per heavy atom. The number of nitrogens with two attached hydrogens (primary N) is 1. The Balaban J connectivity index is 1.97. The number of hydrogen-bond donors (Lipinski definition) is 1. The number of hydrogen-bond acceptors (Lipinski definition) is 3. The molecule has 0 bridgehead atoms. The van der Waals surface area contributed by atoms with Gasteiger partial charge in [0, 0.05) is 11.0 Å². The van der Waals surface area contributed by atoms with Crippen molar-refractivity contribution >= 4 is 17.7 Å². The van der Waals surface area contributed by atoms with Crippen LogP contribution < -0.4 is 10.5 Å². The number of carbonyl (C=O) groups is 1. The average Bonchev–Trinajstić information content (AvgIpc) is 2.77. The van der Waals surface area contributed by atoms with Crippen molar-refractivity contribution in [1.29, 1.82) is 0 Å². The van der Waals surface area contributed by atoms with Crippen molar-refractivity contribution in [3.05, 3.63) is 52.5 Å². The van der Waals surface area contributed by atoms with E-state index in [2.05, 4.69) is 19.9 Å². The van der Waals surface area contributed by atoms with E-state index in [-0.39, 0.29) is 11.5 Å². The first-order valence-corrected chi connectivity index (χ1v) is 8.71. The predicted octanol–water partition coefficient (Wildman–Crippen LogP) is 5.12. The molecule has 3 rings (SSSR count). The molecule has 0 heterocycles. The van der Waals surface area contributed by atoms with Gasteiger partial charge in [0.25, 0.3) is 0 Å². The van der Waals surface area contributed by atoms with Gasteiger partial charge in [-0.15, -0.1) is 0 Å². The summed E-state index contributed by atoms with van der Waals surface area (Å²) >= 11 is 6.44. The van der Waals surface area contributed by atoms with Crippen molar-refractivity contribution in [3.63, 3.8) is 0 Å². The van der Waals surface area contributed by atoms with Crippen LogP contribution in [0.1, 0.15) is 38.0 Å². The molecule has 2 aromatic rings. The van der Waals surface area contributed by atoms with Gasteiger partial charge in [-0.1, -0.05) is 43.6 Å². The summed E-state index contributed by atoms with van der Waals surface area (Å²) in [6, 6.07) is 11.8. The van der Waals surface area contributed by atoms with Gasteiger partial charge in [-0.2, -0.15) is 0 Å². The summed E-state index contributed by atoms with van der Waals surface area (Å²) in [6.45, 7) is 6.69. The van der Waals surface area contributed by atoms with Gasteiger partial charge in [-0.25, -0.2) is 4.79 Å². The van der Waals surface area contributed by atoms with Gasteiger partial charge in [-0.05, 0) is 48.2 Å². The first-order valence-electron chi connectivity index (χ1n) is 8.33. The molecular weight excluding hydrogens is 338 g/mol. The van der Waals surface area contributed by atoms with Crippen molar-refractivity contribution < 1.29 is 14.3 Å². The van der Waals surface area contributed by atoms with Crippen LogP contribution in [0.25, 0.3) is 11.1 Å². The summed E-state index contributed by atoms with van der Waals surface area (Å²) in [5.74, 6) is 0.758. The topological polar surface area (TPSA) is 61.6 Å². The molecule has 0 unspecified atom stereocenters. The van der Waals surface area contributed by atoms with Crippen LogP contribution in [0.5, 0.6) is 5.75 Å². The lowest BCUT2D eigenvalue weighted by atomic mass is 9.87. The van der Waals surface area contributed by atoms with E-state index in [1.165, 1.54) is 0 Å². The Hall–Kier alpha value is -2.20. The van der Waals surface area contributed by atoms with E-state index in [9.17, 15) is 4.79 Å². The molecule has 132 valence electrons. The average molecular weight is 360 g/mol. The van der Waals surface area contributed by atoms with Crippen molar-refractivity contribution in [2.45, 2.75) is 33.3 Å². The summed E-state index contributed by atoms with van der Waals surface area (Å²) in [6.07, 6.45) is -0.266. The van der Waals surface area contributed by atoms with E-state index < -0.39 is 6.09 Å². The third-order valence-corrected chi connectivity index (χ3v) is 4.89. The molecule has 1 aliphatic rings. The molecule has 0 aromatic heterocycles. The molecule has 1 atom stereocenters. The van der Waals surface area contributed by atoms with E-state index in [1.807, 2.05) is 37.3 Å². The van der Waals surface area contributed by atoms with E-state index in [0.29, 0.717) is 11.6 Å². The molecule has 1 aliphatic carbocycles. The first kappa shape index (κ1) is 17.6. The summed E-state index contributed by atoms with van der Waals surface area (Å²) in [7, 11) is 0. The predicted molar refractivity (Wildman–Crippen MR) is 99.0 cm³/mol. The third-order valence-electron chi connectivity index (χ3n) is 4.58. The molecule has 0 saturated heterocycles. The number of benzene rings is 2. The van der Waals surface area contributed by atoms with Gasteiger partial charge in [0.15, 0.2) is 0 Å². The van der Waals surface area contributed by atoms with Gasteiger partial charge in [0.05, 0.1) is 11.6 Å². The molecule has 0 fully saturated rings. The quantitative estimate of drug-likeness (QED) is 0.823. The smallest absolute Gasteiger partial charge is 0.405 e. The molecule has 0 aliphatic heterocycles. The van der Waals surface area contributed by atoms with Crippen molar-refractivity contribution in [1.82, 2.24) is 0 Å². The molecule has 2 N–H and O–H groups in total. The van der Waals surface area contributed by atoms with Crippen LogP contribution in [0.2, 0.25) is 5.02 Å². The second-order valence-corrected chi connectivity index (χ2v) is 7.38. The fraction of sp³-hybridized carbons (Fsp3) is 0.350. The fourth-order valence-corrected chi connectivity index (χ4v) is 3.79. The SMILES string of the molecule is CCOc1ccc(-c2ccc3c(c2)CC(C)(C)[C@H]3OC(N)=O)c(Cl)c1. The third kappa shape index (κ3) is 3.45. The lowest BCUT2D eigenvalue weighted by Crippen LogP contribution is -2.25. The molecule has 2 aromatic carbocycles. The maximum Gasteiger partial charge on any atom is 0.405 e. The van der Waals surface area contributed by atoms with E-state index in [0.717, 1.165) is 34.4 Å². The monoisotopic (exact) mass is 359 g/mol. The van der Waals surface area contributed by atoms with Gasteiger partial charge in [0.1, 0.15) is 11.9 Å². The lowest BCUT2D eigenvalue weighted by molar-refractivity contribution is 0.0392. The Bertz CT molecular complexity index is 817. The number of rotatable bonds is 4. The highest BCUT2D eigenvalue weighted by Gasteiger charge is 2.41. The van der Waals surface area contributed by atoms with Gasteiger partial charge in [0.2, 0.25) is 0 Å². The summed E-state index contributed by atoms with van der Waals surface area (Å²) in [5.41, 5.74) is 9.18. The standard InChI is InChI=1S/C20H22ClNO3/c1-4-24-14-6-8-15(17(21)10-14)12-5-7-16-13(9-12)11-20(2,3)18(16)25-19(22)23/h5-10,18H,4,11H2,1-3H3,(H2,22,23)/t18-/m0/s1. The van der Waals surface area contributed by atoms with E-state index in [4.69, 9.17) is 26.8 Å². The van der Waals surface area contributed by atoms with Crippen LogP contribution in [0.3, 0.4) is 0 Å². The Morgan fingerprint density at radius 3 is 2.68 bits per heavy atom. The van der Waals surface area contributed by atoms with E-state index in [1.54, 1.807) is 0 Å². The van der Waals surface area contributed by atoms with Gasteiger partial charge in [-0.3, -0.25) is 0 Å². The summed E-state index contributed by atoms with van der Waals surface area (Å²) in [4.78, 5) is 11.2. The Kier molecular flexibility index (Phi) is 4.65. The maximum atomic E-state index is 11.2. The number of carbonyl (C=O) groups excluding carboxylic acids is 1. The zero-order valence-corrected chi connectivity index (χ0v) is 15.4. The normalized spacial score (nSPS) is 17.8. The first-order chi connectivity index (χ1) is 11.8. The highest BCUT2D eigenvalue weighted by atomic mass is 35.5. The van der Waals surface area contributed by atoms with Crippen LogP contribution in [0, 0.1) is 5.41 Å². The minimum absolute atomic E-state index is 0.196.